The molecule has 1 amide bonds. The summed E-state index contributed by atoms with van der Waals surface area (Å²) in [6, 6.07) is 17.0. The topological polar surface area (TPSA) is 26.8 Å². The molecule has 1 fully saturated rings. The first-order valence-corrected chi connectivity index (χ1v) is 10.1. The minimum absolute atomic E-state index is 0.183. The molecule has 0 aromatic heterocycles. The van der Waals surface area contributed by atoms with E-state index in [1.807, 2.05) is 35.2 Å². The fourth-order valence-corrected chi connectivity index (χ4v) is 3.62. The second-order valence-electron chi connectivity index (χ2n) is 7.66. The molecular formula is C23H30FN3O. The minimum atomic E-state index is -0.203. The maximum atomic E-state index is 13.1. The summed E-state index contributed by atoms with van der Waals surface area (Å²) in [4.78, 5) is 19.4. The summed E-state index contributed by atoms with van der Waals surface area (Å²) in [5.74, 6) is 0.00549. The zero-order chi connectivity index (χ0) is 19.9. The molecule has 1 saturated heterocycles. The number of halogens is 1. The number of amides is 1. The van der Waals surface area contributed by atoms with Gasteiger partial charge in [0.1, 0.15) is 5.82 Å². The van der Waals surface area contributed by atoms with Crippen LogP contribution in [0.1, 0.15) is 25.8 Å². The van der Waals surface area contributed by atoms with Crippen molar-refractivity contribution >= 4 is 11.6 Å². The van der Waals surface area contributed by atoms with Crippen molar-refractivity contribution in [3.8, 4) is 0 Å². The van der Waals surface area contributed by atoms with Crippen molar-refractivity contribution in [1.29, 1.82) is 0 Å². The van der Waals surface area contributed by atoms with E-state index in [1.165, 1.54) is 12.1 Å². The molecule has 1 aliphatic heterocycles. The predicted octanol–water partition coefficient (Wildman–Crippen LogP) is 3.78. The van der Waals surface area contributed by atoms with Crippen LogP contribution in [-0.4, -0.2) is 54.5 Å². The summed E-state index contributed by atoms with van der Waals surface area (Å²) in [6.45, 7) is 9.24. The van der Waals surface area contributed by atoms with Gasteiger partial charge in [0.25, 0.3) is 0 Å². The molecule has 0 bridgehead atoms. The lowest BCUT2D eigenvalue weighted by Gasteiger charge is -2.36. The molecule has 0 atom stereocenters. The average Bonchev–Trinajstić information content (AvgIpc) is 2.72. The van der Waals surface area contributed by atoms with E-state index in [4.69, 9.17) is 0 Å². The van der Waals surface area contributed by atoms with Crippen molar-refractivity contribution in [2.24, 2.45) is 0 Å². The highest BCUT2D eigenvalue weighted by atomic mass is 19.1. The van der Waals surface area contributed by atoms with Crippen LogP contribution >= 0.6 is 0 Å². The molecule has 1 aliphatic rings. The van der Waals surface area contributed by atoms with E-state index < -0.39 is 0 Å². The van der Waals surface area contributed by atoms with Crippen LogP contribution in [0.4, 0.5) is 10.1 Å². The Balaban J connectivity index is 1.47. The molecule has 0 aliphatic carbocycles. The molecular weight excluding hydrogens is 353 g/mol. The van der Waals surface area contributed by atoms with Gasteiger partial charge in [0, 0.05) is 57.4 Å². The van der Waals surface area contributed by atoms with Gasteiger partial charge in [-0.3, -0.25) is 9.69 Å². The Morgan fingerprint density at radius 2 is 1.64 bits per heavy atom. The Morgan fingerprint density at radius 1 is 1.00 bits per heavy atom. The Hall–Kier alpha value is -2.40. The van der Waals surface area contributed by atoms with Gasteiger partial charge in [-0.05, 0) is 43.7 Å². The van der Waals surface area contributed by atoms with Gasteiger partial charge in [-0.1, -0.05) is 30.3 Å². The maximum Gasteiger partial charge on any atom is 0.224 e. The Kier molecular flexibility index (Phi) is 7.04. The number of nitrogens with zero attached hydrogens (tertiary/aromatic N) is 3. The van der Waals surface area contributed by atoms with E-state index in [0.717, 1.165) is 44.0 Å². The van der Waals surface area contributed by atoms with Crippen molar-refractivity contribution in [2.45, 2.75) is 32.9 Å². The van der Waals surface area contributed by atoms with E-state index in [0.29, 0.717) is 13.0 Å². The van der Waals surface area contributed by atoms with Gasteiger partial charge in [-0.25, -0.2) is 4.39 Å². The summed E-state index contributed by atoms with van der Waals surface area (Å²) in [7, 11) is 0. The number of piperazine rings is 1. The van der Waals surface area contributed by atoms with Gasteiger partial charge < -0.3 is 9.80 Å². The fraction of sp³-hybridized carbons (Fsp3) is 0.435. The summed E-state index contributed by atoms with van der Waals surface area (Å²) < 4.78 is 13.1. The normalized spacial score (nSPS) is 15.1. The molecule has 0 saturated carbocycles. The zero-order valence-corrected chi connectivity index (χ0v) is 16.9. The monoisotopic (exact) mass is 383 g/mol. The third kappa shape index (κ3) is 5.55. The quantitative estimate of drug-likeness (QED) is 0.728. The van der Waals surface area contributed by atoms with Crippen LogP contribution in [0.25, 0.3) is 0 Å². The summed E-state index contributed by atoms with van der Waals surface area (Å²) in [6.07, 6.45) is 0.543. The second-order valence-corrected chi connectivity index (χ2v) is 7.66. The highest BCUT2D eigenvalue weighted by Crippen LogP contribution is 2.17. The first kappa shape index (κ1) is 20.3. The van der Waals surface area contributed by atoms with E-state index in [-0.39, 0.29) is 17.8 Å². The molecule has 4 nitrogen and oxygen atoms in total. The number of carbonyl (C=O) groups is 1. The molecule has 1 heterocycles. The van der Waals surface area contributed by atoms with Crippen LogP contribution in [-0.2, 0) is 11.3 Å². The van der Waals surface area contributed by atoms with E-state index >= 15 is 0 Å². The van der Waals surface area contributed by atoms with Crippen LogP contribution in [0.5, 0.6) is 0 Å². The van der Waals surface area contributed by atoms with E-state index in [1.54, 1.807) is 0 Å². The Labute approximate surface area is 167 Å². The first-order valence-electron chi connectivity index (χ1n) is 10.1. The lowest BCUT2D eigenvalue weighted by atomic mass is 10.1. The Bertz CT molecular complexity index is 740. The smallest absolute Gasteiger partial charge is 0.224 e. The standard InChI is InChI=1S/C23H30FN3O/c1-19(2)27(18-20-6-4-3-5-7-20)23(28)12-13-25-14-16-26(17-15-25)22-10-8-21(24)9-11-22/h3-11,19H,12-18H2,1-2H3. The predicted molar refractivity (Wildman–Crippen MR) is 112 cm³/mol. The zero-order valence-electron chi connectivity index (χ0n) is 16.9. The number of benzene rings is 2. The molecule has 0 N–H and O–H groups in total. The van der Waals surface area contributed by atoms with Gasteiger partial charge in [0.15, 0.2) is 0 Å². The van der Waals surface area contributed by atoms with Gasteiger partial charge in [-0.2, -0.15) is 0 Å². The molecule has 28 heavy (non-hydrogen) atoms. The number of carbonyl (C=O) groups excluding carboxylic acids is 1. The molecule has 3 rings (SSSR count). The van der Waals surface area contributed by atoms with Gasteiger partial charge in [0.2, 0.25) is 5.91 Å². The SMILES string of the molecule is CC(C)N(Cc1ccccc1)C(=O)CCN1CCN(c2ccc(F)cc2)CC1. The van der Waals surface area contributed by atoms with Crippen LogP contribution in [0.15, 0.2) is 54.6 Å². The van der Waals surface area contributed by atoms with Crippen LogP contribution in [0.3, 0.4) is 0 Å². The van der Waals surface area contributed by atoms with Crippen LogP contribution in [0, 0.1) is 5.82 Å². The number of anilines is 1. The third-order valence-electron chi connectivity index (χ3n) is 5.35. The van der Waals surface area contributed by atoms with Crippen LogP contribution in [0.2, 0.25) is 0 Å². The lowest BCUT2D eigenvalue weighted by Crippen LogP contribution is -2.47. The van der Waals surface area contributed by atoms with Gasteiger partial charge in [-0.15, -0.1) is 0 Å². The first-order chi connectivity index (χ1) is 13.5. The fourth-order valence-electron chi connectivity index (χ4n) is 3.62. The molecule has 2 aromatic carbocycles. The molecule has 150 valence electrons. The van der Waals surface area contributed by atoms with Crippen LogP contribution < -0.4 is 4.90 Å². The van der Waals surface area contributed by atoms with Gasteiger partial charge >= 0.3 is 0 Å². The van der Waals surface area contributed by atoms with Crippen molar-refractivity contribution in [3.05, 3.63) is 66.0 Å². The number of hydrogen-bond donors (Lipinski definition) is 0. The molecule has 0 spiro atoms. The van der Waals surface area contributed by atoms with Crippen molar-refractivity contribution in [2.75, 3.05) is 37.6 Å². The third-order valence-corrected chi connectivity index (χ3v) is 5.35. The van der Waals surface area contributed by atoms with E-state index in [9.17, 15) is 9.18 Å². The van der Waals surface area contributed by atoms with E-state index in [2.05, 4.69) is 35.8 Å². The second kappa shape index (κ2) is 9.69. The highest BCUT2D eigenvalue weighted by Gasteiger charge is 2.21. The van der Waals surface area contributed by atoms with Crippen molar-refractivity contribution < 1.29 is 9.18 Å². The highest BCUT2D eigenvalue weighted by molar-refractivity contribution is 5.76. The summed E-state index contributed by atoms with van der Waals surface area (Å²) >= 11 is 0. The average molecular weight is 384 g/mol. The van der Waals surface area contributed by atoms with Crippen molar-refractivity contribution in [3.63, 3.8) is 0 Å². The molecule has 5 heteroatoms. The summed E-state index contributed by atoms with van der Waals surface area (Å²) in [5, 5.41) is 0. The maximum absolute atomic E-state index is 13.1. The molecule has 0 radical (unpaired) electrons. The number of hydrogen-bond acceptors (Lipinski definition) is 3. The molecule has 0 unspecified atom stereocenters. The Morgan fingerprint density at radius 3 is 2.25 bits per heavy atom. The lowest BCUT2D eigenvalue weighted by molar-refractivity contribution is -0.133. The molecule has 2 aromatic rings. The van der Waals surface area contributed by atoms with Gasteiger partial charge in [0.05, 0.1) is 0 Å². The largest absolute Gasteiger partial charge is 0.369 e. The minimum Gasteiger partial charge on any atom is -0.369 e. The summed E-state index contributed by atoms with van der Waals surface area (Å²) in [5.41, 5.74) is 2.23. The van der Waals surface area contributed by atoms with Crippen molar-refractivity contribution in [1.82, 2.24) is 9.80 Å². The number of rotatable bonds is 7.